The van der Waals surface area contributed by atoms with Crippen LogP contribution in [0.3, 0.4) is 0 Å². The van der Waals surface area contributed by atoms with Crippen molar-refractivity contribution in [3.05, 3.63) is 24.3 Å². The van der Waals surface area contributed by atoms with E-state index < -0.39 is 0 Å². The molecule has 3 unspecified atom stereocenters. The Morgan fingerprint density at radius 2 is 1.14 bits per heavy atom. The molecular weight excluding hydrogens is 356 g/mol. The minimum absolute atomic E-state index is 0.730. The summed E-state index contributed by atoms with van der Waals surface area (Å²) in [5.41, 5.74) is 0. The van der Waals surface area contributed by atoms with Gasteiger partial charge >= 0.3 is 0 Å². The van der Waals surface area contributed by atoms with Crippen LogP contribution < -0.4 is 9.47 Å². The minimum atomic E-state index is 0.730. The molecule has 0 radical (unpaired) electrons. The maximum absolute atomic E-state index is 5.88. The van der Waals surface area contributed by atoms with E-state index in [9.17, 15) is 0 Å². The second kappa shape index (κ2) is 15.6. The molecule has 0 saturated heterocycles. The van der Waals surface area contributed by atoms with E-state index >= 15 is 0 Å². The summed E-state index contributed by atoms with van der Waals surface area (Å²) in [7, 11) is 1.69. The first kappa shape index (κ1) is 25.9. The van der Waals surface area contributed by atoms with Crippen LogP contribution in [0.15, 0.2) is 24.3 Å². The molecule has 168 valence electrons. The summed E-state index contributed by atoms with van der Waals surface area (Å²) in [6.45, 7) is 12.7. The van der Waals surface area contributed by atoms with Crippen LogP contribution in [0.4, 0.5) is 0 Å². The lowest BCUT2D eigenvalue weighted by Crippen LogP contribution is -2.05. The summed E-state index contributed by atoms with van der Waals surface area (Å²) in [4.78, 5) is 0. The van der Waals surface area contributed by atoms with E-state index in [2.05, 4.69) is 34.6 Å². The minimum Gasteiger partial charge on any atom is -0.497 e. The lowest BCUT2D eigenvalue weighted by Gasteiger charge is -2.16. The van der Waals surface area contributed by atoms with E-state index in [1.165, 1.54) is 57.8 Å². The number of ether oxygens (including phenoxy) is 2. The zero-order valence-corrected chi connectivity index (χ0v) is 20.2. The number of methoxy groups -OCH3 is 1. The van der Waals surface area contributed by atoms with Gasteiger partial charge in [-0.05, 0) is 42.2 Å². The summed E-state index contributed by atoms with van der Waals surface area (Å²) in [6, 6.07) is 7.88. The van der Waals surface area contributed by atoms with E-state index in [4.69, 9.17) is 9.47 Å². The normalized spacial score (nSPS) is 14.6. The maximum Gasteiger partial charge on any atom is 0.122 e. The molecule has 3 atom stereocenters. The average Bonchev–Trinajstić information content (AvgIpc) is 2.68. The number of rotatable bonds is 17. The molecule has 2 nitrogen and oxygen atoms in total. The summed E-state index contributed by atoms with van der Waals surface area (Å²) < 4.78 is 11.1. The molecule has 0 aliphatic heterocycles. The third-order valence-corrected chi connectivity index (χ3v) is 6.19. The highest BCUT2D eigenvalue weighted by Crippen LogP contribution is 2.23. The molecule has 0 bridgehead atoms. The zero-order valence-electron chi connectivity index (χ0n) is 20.2. The standard InChI is InChI=1S/C27H48O2/c1-22(2)11-7-12-23(3)13-8-14-24(4)15-9-16-25(5)19-20-29-27-18-10-17-26(21-27)28-6/h10,17-18,21-25H,7-9,11-16,19-20H2,1-6H3. The highest BCUT2D eigenvalue weighted by molar-refractivity contribution is 5.32. The van der Waals surface area contributed by atoms with Gasteiger partial charge in [0.05, 0.1) is 13.7 Å². The number of hydrogen-bond acceptors (Lipinski definition) is 2. The van der Waals surface area contributed by atoms with Crippen LogP contribution in [-0.2, 0) is 0 Å². The van der Waals surface area contributed by atoms with Crippen LogP contribution in [0.2, 0.25) is 0 Å². The van der Waals surface area contributed by atoms with Crippen LogP contribution in [0.25, 0.3) is 0 Å². The van der Waals surface area contributed by atoms with Crippen molar-refractivity contribution in [1.82, 2.24) is 0 Å². The van der Waals surface area contributed by atoms with Gasteiger partial charge in [-0.3, -0.25) is 0 Å². The number of hydrogen-bond donors (Lipinski definition) is 0. The van der Waals surface area contributed by atoms with Crippen molar-refractivity contribution in [3.8, 4) is 11.5 Å². The van der Waals surface area contributed by atoms with Gasteiger partial charge < -0.3 is 9.47 Å². The third kappa shape index (κ3) is 13.6. The van der Waals surface area contributed by atoms with Crippen LogP contribution >= 0.6 is 0 Å². The van der Waals surface area contributed by atoms with E-state index in [1.807, 2.05) is 24.3 Å². The summed E-state index contributed by atoms with van der Waals surface area (Å²) in [6.07, 6.45) is 13.6. The third-order valence-electron chi connectivity index (χ3n) is 6.19. The molecule has 0 heterocycles. The molecular formula is C27H48O2. The van der Waals surface area contributed by atoms with Gasteiger partial charge in [0.2, 0.25) is 0 Å². The molecule has 2 heteroatoms. The molecule has 0 aliphatic rings. The van der Waals surface area contributed by atoms with Crippen molar-refractivity contribution in [1.29, 1.82) is 0 Å². The molecule has 1 aromatic carbocycles. The summed E-state index contributed by atoms with van der Waals surface area (Å²) >= 11 is 0. The van der Waals surface area contributed by atoms with Crippen molar-refractivity contribution >= 4 is 0 Å². The fourth-order valence-electron chi connectivity index (χ4n) is 4.01. The fourth-order valence-corrected chi connectivity index (χ4v) is 4.01. The first-order valence-corrected chi connectivity index (χ1v) is 12.2. The Bertz CT molecular complexity index is 511. The quantitative estimate of drug-likeness (QED) is 0.259. The van der Waals surface area contributed by atoms with E-state index in [-0.39, 0.29) is 0 Å². The van der Waals surface area contributed by atoms with Gasteiger partial charge in [0.15, 0.2) is 0 Å². The largest absolute Gasteiger partial charge is 0.497 e. The van der Waals surface area contributed by atoms with Gasteiger partial charge in [-0.25, -0.2) is 0 Å². The smallest absolute Gasteiger partial charge is 0.122 e. The Morgan fingerprint density at radius 3 is 1.66 bits per heavy atom. The molecule has 0 N–H and O–H groups in total. The van der Waals surface area contributed by atoms with E-state index in [0.29, 0.717) is 0 Å². The summed E-state index contributed by atoms with van der Waals surface area (Å²) in [5, 5.41) is 0. The predicted molar refractivity (Wildman–Crippen MR) is 127 cm³/mol. The maximum atomic E-state index is 5.88. The monoisotopic (exact) mass is 404 g/mol. The second-order valence-electron chi connectivity index (χ2n) is 9.82. The Balaban J connectivity index is 2.03. The van der Waals surface area contributed by atoms with Crippen LogP contribution in [0, 0.1) is 23.7 Å². The lowest BCUT2D eigenvalue weighted by atomic mass is 9.91. The Labute approximate surface area is 181 Å². The van der Waals surface area contributed by atoms with Gasteiger partial charge in [-0.2, -0.15) is 0 Å². The highest BCUT2D eigenvalue weighted by Gasteiger charge is 2.08. The average molecular weight is 405 g/mol. The first-order chi connectivity index (χ1) is 13.9. The molecule has 0 fully saturated rings. The Kier molecular flexibility index (Phi) is 13.9. The SMILES string of the molecule is COc1cccc(OCCC(C)CCCC(C)CCCC(C)CCCC(C)C)c1. The molecule has 0 amide bonds. The van der Waals surface area contributed by atoms with Crippen molar-refractivity contribution in [3.63, 3.8) is 0 Å². The van der Waals surface area contributed by atoms with Gasteiger partial charge in [0.1, 0.15) is 11.5 Å². The number of benzene rings is 1. The Morgan fingerprint density at radius 1 is 0.655 bits per heavy atom. The first-order valence-electron chi connectivity index (χ1n) is 12.2. The van der Waals surface area contributed by atoms with Gasteiger partial charge in [0, 0.05) is 6.07 Å². The molecule has 1 aromatic rings. The van der Waals surface area contributed by atoms with Crippen molar-refractivity contribution < 1.29 is 9.47 Å². The van der Waals surface area contributed by atoms with Crippen molar-refractivity contribution in [2.24, 2.45) is 23.7 Å². The molecule has 0 saturated carbocycles. The predicted octanol–water partition coefficient (Wildman–Crippen LogP) is 8.54. The molecule has 0 aliphatic carbocycles. The molecule has 29 heavy (non-hydrogen) atoms. The fraction of sp³-hybridized carbons (Fsp3) is 0.778. The van der Waals surface area contributed by atoms with Gasteiger partial charge in [0.25, 0.3) is 0 Å². The molecule has 0 aromatic heterocycles. The topological polar surface area (TPSA) is 18.5 Å². The lowest BCUT2D eigenvalue weighted by molar-refractivity contribution is 0.273. The highest BCUT2D eigenvalue weighted by atomic mass is 16.5. The van der Waals surface area contributed by atoms with Gasteiger partial charge in [-0.1, -0.05) is 98.5 Å². The van der Waals surface area contributed by atoms with Crippen LogP contribution in [0.1, 0.15) is 98.8 Å². The van der Waals surface area contributed by atoms with E-state index in [1.54, 1.807) is 7.11 Å². The van der Waals surface area contributed by atoms with Crippen molar-refractivity contribution in [2.45, 2.75) is 98.8 Å². The van der Waals surface area contributed by atoms with Crippen molar-refractivity contribution in [2.75, 3.05) is 13.7 Å². The second-order valence-corrected chi connectivity index (χ2v) is 9.82. The summed E-state index contributed by atoms with van der Waals surface area (Å²) in [5.74, 6) is 5.13. The Hall–Kier alpha value is -1.18. The molecule has 1 rings (SSSR count). The van der Waals surface area contributed by atoms with E-state index in [0.717, 1.165) is 48.2 Å². The van der Waals surface area contributed by atoms with Crippen LogP contribution in [-0.4, -0.2) is 13.7 Å². The van der Waals surface area contributed by atoms with Gasteiger partial charge in [-0.15, -0.1) is 0 Å². The van der Waals surface area contributed by atoms with Crippen LogP contribution in [0.5, 0.6) is 11.5 Å². The zero-order chi connectivity index (χ0) is 21.5. The molecule has 0 spiro atoms.